The topological polar surface area (TPSA) is 200 Å². The largest absolute Gasteiger partial charge is 0.505 e. The average molecular weight is 474 g/mol. The minimum atomic E-state index is -4.89. The van der Waals surface area contributed by atoms with Crippen LogP contribution in [0.2, 0.25) is 5.02 Å². The number of hydrogen-bond donors (Lipinski definition) is 5. The fourth-order valence-electron chi connectivity index (χ4n) is 2.60. The van der Waals surface area contributed by atoms with Gasteiger partial charge in [-0.2, -0.15) is 16.8 Å². The third-order valence-electron chi connectivity index (χ3n) is 3.91. The van der Waals surface area contributed by atoms with Crippen molar-refractivity contribution >= 4 is 59.7 Å². The first-order valence-corrected chi connectivity index (χ1v) is 11.0. The highest BCUT2D eigenvalue weighted by molar-refractivity contribution is 7.86. The summed E-state index contributed by atoms with van der Waals surface area (Å²) in [6.07, 6.45) is 0. The maximum absolute atomic E-state index is 11.8. The van der Waals surface area contributed by atoms with Crippen molar-refractivity contribution in [1.82, 2.24) is 0 Å². The van der Waals surface area contributed by atoms with Gasteiger partial charge in [-0.3, -0.25) is 9.11 Å². The predicted molar refractivity (Wildman–Crippen MR) is 107 cm³/mol. The number of fused-ring (bicyclic) bond motifs is 1. The average Bonchev–Trinajstić information content (AvgIpc) is 2.61. The zero-order chi connectivity index (χ0) is 22.4. The molecule has 0 saturated heterocycles. The Balaban J connectivity index is 2.29. The molecule has 0 aliphatic carbocycles. The molecule has 3 aromatic rings. The maximum Gasteiger partial charge on any atom is 0.298 e. The molecule has 0 unspecified atom stereocenters. The van der Waals surface area contributed by atoms with E-state index in [0.29, 0.717) is 0 Å². The second kappa shape index (κ2) is 7.37. The number of nitrogens with zero attached hydrogens (tertiary/aromatic N) is 2. The Morgan fingerprint density at radius 2 is 1.47 bits per heavy atom. The fraction of sp³-hybridized carbons (Fsp3) is 0. The van der Waals surface area contributed by atoms with Gasteiger partial charge in [0.05, 0.1) is 0 Å². The molecule has 0 bridgehead atoms. The Bertz CT molecular complexity index is 1440. The molecule has 0 aromatic heterocycles. The van der Waals surface area contributed by atoms with Crippen LogP contribution in [0.25, 0.3) is 10.8 Å². The molecule has 0 atom stereocenters. The van der Waals surface area contributed by atoms with Gasteiger partial charge in [-0.25, -0.2) is 0 Å². The van der Waals surface area contributed by atoms with Crippen molar-refractivity contribution in [3.63, 3.8) is 0 Å². The number of benzene rings is 3. The molecule has 0 aliphatic rings. The van der Waals surface area contributed by atoms with Gasteiger partial charge in [0.25, 0.3) is 20.2 Å². The number of anilines is 1. The number of nitrogens with two attached hydrogens (primary N) is 1. The number of phenolic OH excluding ortho intramolecular Hbond substituents is 2. The number of aromatic hydroxyl groups is 2. The molecule has 11 nitrogen and oxygen atoms in total. The van der Waals surface area contributed by atoms with Crippen LogP contribution in [-0.4, -0.2) is 36.2 Å². The number of azo groups is 1. The number of rotatable bonds is 4. The lowest BCUT2D eigenvalue weighted by molar-refractivity contribution is 0.444. The standard InChI is InChI=1S/C16H12ClN3O8S2/c17-8-5-11(16(22)13(6-8)30(26,27)28)19-20-14-12(29(23,24)25)4-7-3-9(18)1-2-10(7)15(14)21/h1-6,21-22H,18H2,(H,23,24,25)(H,26,27,28)/b20-19+. The molecule has 6 N–H and O–H groups in total. The van der Waals surface area contributed by atoms with E-state index in [1.165, 1.54) is 18.2 Å². The summed E-state index contributed by atoms with van der Waals surface area (Å²) >= 11 is 5.75. The lowest BCUT2D eigenvalue weighted by Gasteiger charge is -2.09. The van der Waals surface area contributed by atoms with Gasteiger partial charge in [0, 0.05) is 16.1 Å². The second-order valence-electron chi connectivity index (χ2n) is 5.97. The monoisotopic (exact) mass is 473 g/mol. The van der Waals surface area contributed by atoms with Crippen molar-refractivity contribution in [3.05, 3.63) is 41.4 Å². The molecule has 0 radical (unpaired) electrons. The quantitative estimate of drug-likeness (QED) is 0.214. The summed E-state index contributed by atoms with van der Waals surface area (Å²) < 4.78 is 64.9. The number of phenols is 2. The Morgan fingerprint density at radius 3 is 2.07 bits per heavy atom. The molecule has 0 aliphatic heterocycles. The van der Waals surface area contributed by atoms with E-state index in [4.69, 9.17) is 21.9 Å². The Labute approximate surface area is 174 Å². The Kier molecular flexibility index (Phi) is 5.34. The minimum absolute atomic E-state index is 0.125. The molecule has 0 fully saturated rings. The fourth-order valence-corrected chi connectivity index (χ4v) is 4.16. The van der Waals surface area contributed by atoms with Gasteiger partial charge in [0.15, 0.2) is 11.5 Å². The van der Waals surface area contributed by atoms with Gasteiger partial charge in [0.2, 0.25) is 0 Å². The van der Waals surface area contributed by atoms with Crippen LogP contribution >= 0.6 is 11.6 Å². The Morgan fingerprint density at radius 1 is 0.833 bits per heavy atom. The van der Waals surface area contributed by atoms with Gasteiger partial charge in [-0.15, -0.1) is 10.2 Å². The first-order valence-electron chi connectivity index (χ1n) is 7.73. The van der Waals surface area contributed by atoms with Crippen molar-refractivity contribution in [2.75, 3.05) is 5.73 Å². The second-order valence-corrected chi connectivity index (χ2v) is 9.19. The van der Waals surface area contributed by atoms with E-state index in [9.17, 15) is 31.6 Å². The van der Waals surface area contributed by atoms with Gasteiger partial charge < -0.3 is 15.9 Å². The van der Waals surface area contributed by atoms with E-state index >= 15 is 0 Å². The van der Waals surface area contributed by atoms with Gasteiger partial charge in [-0.05, 0) is 41.8 Å². The van der Waals surface area contributed by atoms with Gasteiger partial charge >= 0.3 is 0 Å². The SMILES string of the molecule is Nc1ccc2c(O)c(/N=N/c3cc(Cl)cc(S(=O)(=O)O)c3O)c(S(=O)(=O)O)cc2c1. The normalized spacial score (nSPS) is 12.6. The summed E-state index contributed by atoms with van der Waals surface area (Å²) in [4.78, 5) is -1.78. The third kappa shape index (κ3) is 4.15. The van der Waals surface area contributed by atoms with Crippen LogP contribution in [0.1, 0.15) is 0 Å². The highest BCUT2D eigenvalue weighted by Gasteiger charge is 2.23. The van der Waals surface area contributed by atoms with E-state index in [-0.39, 0.29) is 21.5 Å². The number of hydrogen-bond acceptors (Lipinski definition) is 9. The van der Waals surface area contributed by atoms with Crippen LogP contribution in [-0.2, 0) is 20.2 Å². The summed E-state index contributed by atoms with van der Waals surface area (Å²) in [5, 5.41) is 27.6. The van der Waals surface area contributed by atoms with Crippen molar-refractivity contribution in [2.45, 2.75) is 9.79 Å². The van der Waals surface area contributed by atoms with Crippen LogP contribution in [0.15, 0.2) is 56.4 Å². The highest BCUT2D eigenvalue weighted by Crippen LogP contribution is 2.43. The van der Waals surface area contributed by atoms with Crippen molar-refractivity contribution in [2.24, 2.45) is 10.2 Å². The molecule has 30 heavy (non-hydrogen) atoms. The summed E-state index contributed by atoms with van der Waals surface area (Å²) in [5.74, 6) is -1.70. The summed E-state index contributed by atoms with van der Waals surface area (Å²) in [6.45, 7) is 0. The predicted octanol–water partition coefficient (Wildman–Crippen LogP) is 3.40. The number of halogens is 1. The first kappa shape index (κ1) is 21.7. The van der Waals surface area contributed by atoms with Crippen LogP contribution < -0.4 is 5.73 Å². The molecule has 0 spiro atoms. The van der Waals surface area contributed by atoms with E-state index in [0.717, 1.165) is 18.2 Å². The Hall–Kier alpha value is -2.97. The summed E-state index contributed by atoms with van der Waals surface area (Å²) in [5.41, 5.74) is 4.65. The van der Waals surface area contributed by atoms with Gasteiger partial charge in [-0.1, -0.05) is 11.6 Å². The lowest BCUT2D eigenvalue weighted by Crippen LogP contribution is -1.99. The number of nitrogen functional groups attached to an aromatic ring is 1. The first-order chi connectivity index (χ1) is 13.8. The van der Waals surface area contributed by atoms with E-state index < -0.39 is 52.9 Å². The van der Waals surface area contributed by atoms with Crippen LogP contribution in [0.5, 0.6) is 11.5 Å². The lowest BCUT2D eigenvalue weighted by atomic mass is 10.1. The molecule has 158 valence electrons. The molecule has 0 saturated carbocycles. The van der Waals surface area contributed by atoms with E-state index in [1.807, 2.05) is 0 Å². The smallest absolute Gasteiger partial charge is 0.298 e. The van der Waals surface area contributed by atoms with Crippen LogP contribution in [0, 0.1) is 0 Å². The molecule has 0 heterocycles. The molecular weight excluding hydrogens is 462 g/mol. The van der Waals surface area contributed by atoms with Crippen LogP contribution in [0.3, 0.4) is 0 Å². The summed E-state index contributed by atoms with van der Waals surface area (Å²) in [7, 11) is -9.76. The van der Waals surface area contributed by atoms with Crippen molar-refractivity contribution < 1.29 is 36.2 Å². The zero-order valence-corrected chi connectivity index (χ0v) is 16.9. The van der Waals surface area contributed by atoms with Crippen molar-refractivity contribution in [3.8, 4) is 11.5 Å². The van der Waals surface area contributed by atoms with Crippen molar-refractivity contribution in [1.29, 1.82) is 0 Å². The minimum Gasteiger partial charge on any atom is -0.505 e. The van der Waals surface area contributed by atoms with E-state index in [1.54, 1.807) is 0 Å². The zero-order valence-electron chi connectivity index (χ0n) is 14.6. The molecule has 3 aromatic carbocycles. The van der Waals surface area contributed by atoms with Gasteiger partial charge in [0.1, 0.15) is 21.2 Å². The maximum atomic E-state index is 11.8. The molecule has 14 heteroatoms. The molecule has 0 amide bonds. The molecular formula is C16H12ClN3O8S2. The summed E-state index contributed by atoms with van der Waals surface area (Å²) in [6, 6.07) is 6.88. The molecule has 3 rings (SSSR count). The van der Waals surface area contributed by atoms with Crippen LogP contribution in [0.4, 0.5) is 17.1 Å². The highest BCUT2D eigenvalue weighted by atomic mass is 35.5. The third-order valence-corrected chi connectivity index (χ3v) is 5.86. The van der Waals surface area contributed by atoms with E-state index in [2.05, 4.69) is 10.2 Å².